The highest BCUT2D eigenvalue weighted by Gasteiger charge is 2.04. The lowest BCUT2D eigenvalue weighted by molar-refractivity contribution is 0.311. The van der Waals surface area contributed by atoms with E-state index in [0.717, 1.165) is 11.3 Å². The van der Waals surface area contributed by atoms with E-state index < -0.39 is 0 Å². The third kappa shape index (κ3) is 2.88. The standard InChI is InChI=1S/C11H13N5O/c12-11-15-9(8-1-3-13-4-2-8)7-10(16-11)14-5-6-17/h1-4,7,17H,5-6H2,(H3,12,14,15,16). The first-order valence-corrected chi connectivity index (χ1v) is 5.19. The lowest BCUT2D eigenvalue weighted by Gasteiger charge is -2.07. The number of nitrogens with two attached hydrogens (primary N) is 1. The van der Waals surface area contributed by atoms with Crippen LogP contribution in [-0.2, 0) is 0 Å². The molecule has 0 aliphatic heterocycles. The van der Waals surface area contributed by atoms with E-state index >= 15 is 0 Å². The van der Waals surface area contributed by atoms with E-state index in [1.807, 2.05) is 12.1 Å². The van der Waals surface area contributed by atoms with Crippen LogP contribution in [0.15, 0.2) is 30.6 Å². The van der Waals surface area contributed by atoms with Gasteiger partial charge in [-0.3, -0.25) is 4.98 Å². The van der Waals surface area contributed by atoms with Gasteiger partial charge < -0.3 is 16.2 Å². The van der Waals surface area contributed by atoms with Crippen LogP contribution < -0.4 is 11.1 Å². The van der Waals surface area contributed by atoms with Gasteiger partial charge in [0, 0.05) is 30.6 Å². The van der Waals surface area contributed by atoms with Crippen LogP contribution in [0.2, 0.25) is 0 Å². The van der Waals surface area contributed by atoms with Crippen molar-refractivity contribution in [2.75, 3.05) is 24.2 Å². The van der Waals surface area contributed by atoms with E-state index in [2.05, 4.69) is 20.3 Å². The molecule has 6 nitrogen and oxygen atoms in total. The normalized spacial score (nSPS) is 10.2. The molecule has 0 fully saturated rings. The van der Waals surface area contributed by atoms with Crippen molar-refractivity contribution in [2.45, 2.75) is 0 Å². The molecule has 0 saturated heterocycles. The fourth-order valence-electron chi connectivity index (χ4n) is 1.41. The van der Waals surface area contributed by atoms with Gasteiger partial charge in [0.2, 0.25) is 5.95 Å². The summed E-state index contributed by atoms with van der Waals surface area (Å²) in [5, 5.41) is 11.7. The zero-order valence-electron chi connectivity index (χ0n) is 9.17. The van der Waals surface area contributed by atoms with Crippen molar-refractivity contribution >= 4 is 11.8 Å². The Bertz CT molecular complexity index is 488. The van der Waals surface area contributed by atoms with E-state index in [1.54, 1.807) is 18.5 Å². The summed E-state index contributed by atoms with van der Waals surface area (Å²) in [7, 11) is 0. The maximum absolute atomic E-state index is 8.74. The lowest BCUT2D eigenvalue weighted by atomic mass is 10.2. The molecule has 88 valence electrons. The lowest BCUT2D eigenvalue weighted by Crippen LogP contribution is -2.09. The third-order valence-electron chi connectivity index (χ3n) is 2.14. The smallest absolute Gasteiger partial charge is 0.222 e. The number of aliphatic hydroxyl groups is 1. The van der Waals surface area contributed by atoms with E-state index in [0.29, 0.717) is 12.4 Å². The molecule has 4 N–H and O–H groups in total. The molecule has 6 heteroatoms. The predicted molar refractivity (Wildman–Crippen MR) is 65.3 cm³/mol. The highest BCUT2D eigenvalue weighted by atomic mass is 16.3. The summed E-state index contributed by atoms with van der Waals surface area (Å²) in [6.45, 7) is 0.459. The number of nitrogens with zero attached hydrogens (tertiary/aromatic N) is 3. The third-order valence-corrected chi connectivity index (χ3v) is 2.14. The van der Waals surface area contributed by atoms with Crippen LogP contribution in [0, 0.1) is 0 Å². The molecule has 0 aromatic carbocycles. The number of anilines is 2. The number of nitrogen functional groups attached to an aromatic ring is 1. The van der Waals surface area contributed by atoms with Crippen LogP contribution in [0.25, 0.3) is 11.3 Å². The summed E-state index contributed by atoms with van der Waals surface area (Å²) in [5.74, 6) is 0.790. The van der Waals surface area contributed by atoms with Gasteiger partial charge in [-0.2, -0.15) is 4.98 Å². The zero-order chi connectivity index (χ0) is 12.1. The minimum absolute atomic E-state index is 0.0362. The number of rotatable bonds is 4. The molecule has 2 aromatic heterocycles. The Morgan fingerprint density at radius 2 is 2.00 bits per heavy atom. The second-order valence-electron chi connectivity index (χ2n) is 3.38. The summed E-state index contributed by atoms with van der Waals surface area (Å²) in [4.78, 5) is 12.1. The van der Waals surface area contributed by atoms with Crippen LogP contribution in [-0.4, -0.2) is 33.2 Å². The molecule has 2 aromatic rings. The molecule has 0 saturated carbocycles. The fourth-order valence-corrected chi connectivity index (χ4v) is 1.41. The van der Waals surface area contributed by atoms with Crippen LogP contribution in [0.1, 0.15) is 0 Å². The van der Waals surface area contributed by atoms with Crippen molar-refractivity contribution in [1.82, 2.24) is 15.0 Å². The maximum Gasteiger partial charge on any atom is 0.222 e. The van der Waals surface area contributed by atoms with E-state index in [4.69, 9.17) is 10.8 Å². The van der Waals surface area contributed by atoms with Crippen LogP contribution in [0.4, 0.5) is 11.8 Å². The van der Waals surface area contributed by atoms with Gasteiger partial charge in [-0.15, -0.1) is 0 Å². The summed E-state index contributed by atoms with van der Waals surface area (Å²) < 4.78 is 0. The Balaban J connectivity index is 2.32. The van der Waals surface area contributed by atoms with E-state index in [-0.39, 0.29) is 12.6 Å². The summed E-state index contributed by atoms with van der Waals surface area (Å²) in [6, 6.07) is 5.47. The Labute approximate surface area is 98.6 Å². The molecule has 0 atom stereocenters. The molecule has 0 amide bonds. The van der Waals surface area contributed by atoms with Crippen molar-refractivity contribution in [3.63, 3.8) is 0 Å². The molecule has 0 spiro atoms. The maximum atomic E-state index is 8.74. The molecule has 0 aliphatic rings. The highest BCUT2D eigenvalue weighted by molar-refractivity contribution is 5.63. The van der Waals surface area contributed by atoms with Gasteiger partial charge in [0.1, 0.15) is 5.82 Å². The summed E-state index contributed by atoms with van der Waals surface area (Å²) >= 11 is 0. The Kier molecular flexibility index (Phi) is 3.46. The molecule has 17 heavy (non-hydrogen) atoms. The Morgan fingerprint density at radius 3 is 2.71 bits per heavy atom. The minimum Gasteiger partial charge on any atom is -0.395 e. The van der Waals surface area contributed by atoms with Crippen molar-refractivity contribution in [2.24, 2.45) is 0 Å². The van der Waals surface area contributed by atoms with Gasteiger partial charge in [0.15, 0.2) is 0 Å². The average Bonchev–Trinajstić information content (AvgIpc) is 2.37. The van der Waals surface area contributed by atoms with Gasteiger partial charge in [0.25, 0.3) is 0 Å². The van der Waals surface area contributed by atoms with Gasteiger partial charge in [-0.05, 0) is 12.1 Å². The van der Waals surface area contributed by atoms with Gasteiger partial charge in [0.05, 0.1) is 12.3 Å². The second kappa shape index (κ2) is 5.22. The molecular formula is C11H13N5O. The molecule has 0 unspecified atom stereocenters. The quantitative estimate of drug-likeness (QED) is 0.710. The number of hydrogen-bond donors (Lipinski definition) is 3. The molecule has 0 bridgehead atoms. The minimum atomic E-state index is 0.0362. The summed E-state index contributed by atoms with van der Waals surface area (Å²) in [6.07, 6.45) is 3.38. The Morgan fingerprint density at radius 1 is 1.24 bits per heavy atom. The average molecular weight is 231 g/mol. The van der Waals surface area contributed by atoms with E-state index in [1.165, 1.54) is 0 Å². The predicted octanol–water partition coefficient (Wildman–Crippen LogP) is 0.525. The topological polar surface area (TPSA) is 97.0 Å². The van der Waals surface area contributed by atoms with Crippen molar-refractivity contribution in [3.8, 4) is 11.3 Å². The van der Waals surface area contributed by atoms with Gasteiger partial charge in [-0.1, -0.05) is 0 Å². The Hall–Kier alpha value is -2.21. The molecule has 2 rings (SSSR count). The fraction of sp³-hybridized carbons (Fsp3) is 0.182. The number of aliphatic hydroxyl groups excluding tert-OH is 1. The summed E-state index contributed by atoms with van der Waals surface area (Å²) in [5.41, 5.74) is 7.27. The molecule has 2 heterocycles. The molecular weight excluding hydrogens is 218 g/mol. The van der Waals surface area contributed by atoms with Gasteiger partial charge >= 0.3 is 0 Å². The van der Waals surface area contributed by atoms with Crippen LogP contribution in [0.5, 0.6) is 0 Å². The van der Waals surface area contributed by atoms with Crippen molar-refractivity contribution in [1.29, 1.82) is 0 Å². The number of nitrogens with one attached hydrogen (secondary N) is 1. The van der Waals surface area contributed by atoms with Crippen molar-refractivity contribution < 1.29 is 5.11 Å². The first-order chi connectivity index (χ1) is 8.29. The highest BCUT2D eigenvalue weighted by Crippen LogP contribution is 2.19. The molecule has 0 aliphatic carbocycles. The number of aromatic nitrogens is 3. The van der Waals surface area contributed by atoms with Gasteiger partial charge in [-0.25, -0.2) is 4.98 Å². The first-order valence-electron chi connectivity index (χ1n) is 5.19. The van der Waals surface area contributed by atoms with Crippen LogP contribution in [0.3, 0.4) is 0 Å². The number of pyridine rings is 1. The SMILES string of the molecule is Nc1nc(NCCO)cc(-c2ccncc2)n1. The van der Waals surface area contributed by atoms with E-state index in [9.17, 15) is 0 Å². The zero-order valence-corrected chi connectivity index (χ0v) is 9.17. The van der Waals surface area contributed by atoms with Crippen molar-refractivity contribution in [3.05, 3.63) is 30.6 Å². The number of hydrogen-bond acceptors (Lipinski definition) is 6. The second-order valence-corrected chi connectivity index (χ2v) is 3.38. The monoisotopic (exact) mass is 231 g/mol. The van der Waals surface area contributed by atoms with Crippen LogP contribution >= 0.6 is 0 Å². The largest absolute Gasteiger partial charge is 0.395 e. The molecule has 0 radical (unpaired) electrons. The first kappa shape index (κ1) is 11.3.